The standard InChI is InChI=1S/C15H27N3/c1-11(2)15-13(10-18(4)17-15)9-16-14-7-5-6-12(3)8-14/h10-12,14,16H,5-9H2,1-4H3. The van der Waals surface area contributed by atoms with E-state index in [0.29, 0.717) is 12.0 Å². The van der Waals surface area contributed by atoms with E-state index < -0.39 is 0 Å². The Bertz CT molecular complexity index is 381. The number of aryl methyl sites for hydroxylation is 1. The fourth-order valence-corrected chi connectivity index (χ4v) is 3.05. The van der Waals surface area contributed by atoms with E-state index in [2.05, 4.69) is 37.4 Å². The van der Waals surface area contributed by atoms with E-state index in [1.807, 2.05) is 11.7 Å². The average Bonchev–Trinajstić information content (AvgIpc) is 2.68. The Hall–Kier alpha value is -0.830. The van der Waals surface area contributed by atoms with Gasteiger partial charge in [-0.25, -0.2) is 0 Å². The van der Waals surface area contributed by atoms with Gasteiger partial charge in [0.2, 0.25) is 0 Å². The number of nitrogens with zero attached hydrogens (tertiary/aromatic N) is 2. The maximum absolute atomic E-state index is 4.57. The first-order chi connectivity index (χ1) is 8.56. The molecule has 1 heterocycles. The molecule has 1 saturated carbocycles. The fraction of sp³-hybridized carbons (Fsp3) is 0.800. The summed E-state index contributed by atoms with van der Waals surface area (Å²) in [5.41, 5.74) is 2.61. The van der Waals surface area contributed by atoms with Gasteiger partial charge in [0, 0.05) is 31.4 Å². The van der Waals surface area contributed by atoms with Gasteiger partial charge >= 0.3 is 0 Å². The molecule has 18 heavy (non-hydrogen) atoms. The van der Waals surface area contributed by atoms with E-state index in [-0.39, 0.29) is 0 Å². The predicted molar refractivity (Wildman–Crippen MR) is 75.6 cm³/mol. The highest BCUT2D eigenvalue weighted by Gasteiger charge is 2.19. The summed E-state index contributed by atoms with van der Waals surface area (Å²) in [7, 11) is 2.01. The van der Waals surface area contributed by atoms with E-state index in [1.165, 1.54) is 36.9 Å². The predicted octanol–water partition coefficient (Wildman–Crippen LogP) is 3.21. The van der Waals surface area contributed by atoms with Crippen molar-refractivity contribution < 1.29 is 0 Å². The lowest BCUT2D eigenvalue weighted by atomic mass is 9.87. The number of hydrogen-bond donors (Lipinski definition) is 1. The molecule has 0 bridgehead atoms. The van der Waals surface area contributed by atoms with Crippen molar-refractivity contribution in [2.45, 2.75) is 65.0 Å². The molecule has 0 radical (unpaired) electrons. The number of aromatic nitrogens is 2. The Morgan fingerprint density at radius 2 is 2.22 bits per heavy atom. The van der Waals surface area contributed by atoms with Crippen LogP contribution in [0.4, 0.5) is 0 Å². The molecule has 0 amide bonds. The van der Waals surface area contributed by atoms with Gasteiger partial charge < -0.3 is 5.32 Å². The van der Waals surface area contributed by atoms with Crippen LogP contribution in [0.15, 0.2) is 6.20 Å². The van der Waals surface area contributed by atoms with Gasteiger partial charge in [0.05, 0.1) is 5.69 Å². The smallest absolute Gasteiger partial charge is 0.0694 e. The van der Waals surface area contributed by atoms with Crippen LogP contribution < -0.4 is 5.32 Å². The van der Waals surface area contributed by atoms with Crippen LogP contribution in [0.25, 0.3) is 0 Å². The van der Waals surface area contributed by atoms with Gasteiger partial charge in [-0.1, -0.05) is 33.6 Å². The number of nitrogens with one attached hydrogen (secondary N) is 1. The van der Waals surface area contributed by atoms with Crippen molar-refractivity contribution in [1.29, 1.82) is 0 Å². The van der Waals surface area contributed by atoms with Gasteiger partial charge in [0.15, 0.2) is 0 Å². The minimum absolute atomic E-state index is 0.508. The van der Waals surface area contributed by atoms with Crippen molar-refractivity contribution in [3.63, 3.8) is 0 Å². The van der Waals surface area contributed by atoms with E-state index in [4.69, 9.17) is 0 Å². The number of hydrogen-bond acceptors (Lipinski definition) is 2. The molecular weight excluding hydrogens is 222 g/mol. The van der Waals surface area contributed by atoms with Crippen LogP contribution in [0, 0.1) is 5.92 Å². The molecule has 3 nitrogen and oxygen atoms in total. The quantitative estimate of drug-likeness (QED) is 0.888. The Balaban J connectivity index is 1.93. The summed E-state index contributed by atoms with van der Waals surface area (Å²) in [5.74, 6) is 1.39. The van der Waals surface area contributed by atoms with Crippen molar-refractivity contribution in [3.8, 4) is 0 Å². The molecule has 1 fully saturated rings. The first-order valence-electron chi connectivity index (χ1n) is 7.32. The number of rotatable bonds is 4. The van der Waals surface area contributed by atoms with Gasteiger partial charge in [-0.05, 0) is 24.7 Å². The minimum Gasteiger partial charge on any atom is -0.310 e. The van der Waals surface area contributed by atoms with Crippen molar-refractivity contribution in [2.24, 2.45) is 13.0 Å². The first-order valence-corrected chi connectivity index (χ1v) is 7.32. The molecule has 0 spiro atoms. The topological polar surface area (TPSA) is 29.9 Å². The molecule has 1 aliphatic carbocycles. The largest absolute Gasteiger partial charge is 0.310 e. The molecule has 0 aromatic carbocycles. The monoisotopic (exact) mass is 249 g/mol. The zero-order chi connectivity index (χ0) is 13.1. The molecule has 2 rings (SSSR count). The van der Waals surface area contributed by atoms with Gasteiger partial charge in [-0.2, -0.15) is 5.10 Å². The van der Waals surface area contributed by atoms with Crippen molar-refractivity contribution >= 4 is 0 Å². The summed E-state index contributed by atoms with van der Waals surface area (Å²) < 4.78 is 1.94. The van der Waals surface area contributed by atoms with Crippen LogP contribution in [0.5, 0.6) is 0 Å². The zero-order valence-electron chi connectivity index (χ0n) is 12.2. The highest BCUT2D eigenvalue weighted by molar-refractivity contribution is 5.20. The van der Waals surface area contributed by atoms with Crippen LogP contribution in [-0.4, -0.2) is 15.8 Å². The molecule has 1 aliphatic rings. The molecule has 3 heteroatoms. The lowest BCUT2D eigenvalue weighted by Crippen LogP contribution is -2.33. The first kappa shape index (κ1) is 13.6. The minimum atomic E-state index is 0.508. The summed E-state index contributed by atoms with van der Waals surface area (Å²) in [6.45, 7) is 7.78. The third-order valence-corrected chi connectivity index (χ3v) is 4.00. The summed E-state index contributed by atoms with van der Waals surface area (Å²) in [4.78, 5) is 0. The highest BCUT2D eigenvalue weighted by Crippen LogP contribution is 2.24. The maximum atomic E-state index is 4.57. The molecule has 0 aliphatic heterocycles. The van der Waals surface area contributed by atoms with Gasteiger partial charge in [0.1, 0.15) is 0 Å². The second kappa shape index (κ2) is 5.87. The van der Waals surface area contributed by atoms with Crippen LogP contribution in [-0.2, 0) is 13.6 Å². The molecule has 102 valence electrons. The molecule has 2 atom stereocenters. The van der Waals surface area contributed by atoms with E-state index >= 15 is 0 Å². The molecular formula is C15H27N3. The average molecular weight is 249 g/mol. The third-order valence-electron chi connectivity index (χ3n) is 4.00. The van der Waals surface area contributed by atoms with Gasteiger partial charge in [0.25, 0.3) is 0 Å². The lowest BCUT2D eigenvalue weighted by Gasteiger charge is -2.27. The molecule has 1 aromatic rings. The van der Waals surface area contributed by atoms with Crippen molar-refractivity contribution in [3.05, 3.63) is 17.5 Å². The van der Waals surface area contributed by atoms with Crippen molar-refractivity contribution in [2.75, 3.05) is 0 Å². The van der Waals surface area contributed by atoms with E-state index in [0.717, 1.165) is 12.5 Å². The van der Waals surface area contributed by atoms with E-state index in [9.17, 15) is 0 Å². The molecule has 2 unspecified atom stereocenters. The summed E-state index contributed by atoms with van der Waals surface area (Å²) >= 11 is 0. The Labute approximate surface area is 111 Å². The Morgan fingerprint density at radius 1 is 1.44 bits per heavy atom. The second-order valence-corrected chi connectivity index (χ2v) is 6.22. The maximum Gasteiger partial charge on any atom is 0.0694 e. The van der Waals surface area contributed by atoms with Crippen LogP contribution in [0.2, 0.25) is 0 Å². The lowest BCUT2D eigenvalue weighted by molar-refractivity contribution is 0.300. The Morgan fingerprint density at radius 3 is 2.89 bits per heavy atom. The van der Waals surface area contributed by atoms with Crippen molar-refractivity contribution in [1.82, 2.24) is 15.1 Å². The van der Waals surface area contributed by atoms with Crippen LogP contribution in [0.1, 0.15) is 63.6 Å². The SMILES string of the molecule is CC1CCCC(NCc2cn(C)nc2C(C)C)C1. The summed E-state index contributed by atoms with van der Waals surface area (Å²) in [6, 6.07) is 0.703. The zero-order valence-corrected chi connectivity index (χ0v) is 12.2. The Kier molecular flexibility index (Phi) is 4.44. The normalized spacial score (nSPS) is 24.7. The third kappa shape index (κ3) is 3.35. The van der Waals surface area contributed by atoms with E-state index in [1.54, 1.807) is 0 Å². The molecule has 1 aromatic heterocycles. The second-order valence-electron chi connectivity index (χ2n) is 6.22. The summed E-state index contributed by atoms with van der Waals surface area (Å²) in [6.07, 6.45) is 7.61. The molecule has 1 N–H and O–H groups in total. The van der Waals surface area contributed by atoms with Gasteiger partial charge in [-0.3, -0.25) is 4.68 Å². The highest BCUT2D eigenvalue weighted by atomic mass is 15.3. The molecule has 0 saturated heterocycles. The summed E-state index contributed by atoms with van der Waals surface area (Å²) in [5, 5.41) is 8.29. The van der Waals surface area contributed by atoms with Gasteiger partial charge in [-0.15, -0.1) is 0 Å². The van der Waals surface area contributed by atoms with Crippen LogP contribution >= 0.6 is 0 Å². The van der Waals surface area contributed by atoms with Crippen LogP contribution in [0.3, 0.4) is 0 Å². The fourth-order valence-electron chi connectivity index (χ4n) is 3.05.